The van der Waals surface area contributed by atoms with Gasteiger partial charge in [-0.25, -0.2) is 4.98 Å². The lowest BCUT2D eigenvalue weighted by Crippen LogP contribution is -2.35. The normalized spacial score (nSPS) is 11.3. The molecule has 1 aromatic heterocycles. The summed E-state index contributed by atoms with van der Waals surface area (Å²) in [6.07, 6.45) is 0. The lowest BCUT2D eigenvalue weighted by atomic mass is 10.1. The fourth-order valence-corrected chi connectivity index (χ4v) is 2.89. The Morgan fingerprint density at radius 2 is 2.00 bits per heavy atom. The Bertz CT molecular complexity index is 887. The van der Waals surface area contributed by atoms with Crippen LogP contribution in [-0.4, -0.2) is 42.6 Å². The van der Waals surface area contributed by atoms with Gasteiger partial charge in [0.15, 0.2) is 5.58 Å². The van der Waals surface area contributed by atoms with Gasteiger partial charge in [-0.2, -0.15) is 0 Å². The number of benzene rings is 2. The highest BCUT2D eigenvalue weighted by molar-refractivity contribution is 5.93. The number of nitrogens with one attached hydrogen (secondary N) is 1. The Kier molecular flexibility index (Phi) is 6.21. The van der Waals surface area contributed by atoms with Crippen molar-refractivity contribution in [3.8, 4) is 0 Å². The van der Waals surface area contributed by atoms with Crippen molar-refractivity contribution in [3.05, 3.63) is 59.5 Å². The first-order valence-electron chi connectivity index (χ1n) is 8.98. The molecule has 0 saturated carbocycles. The molecule has 1 N–H and O–H groups in total. The highest BCUT2D eigenvalue weighted by atomic mass is 16.5. The first kappa shape index (κ1) is 19.1. The van der Waals surface area contributed by atoms with E-state index >= 15 is 0 Å². The highest BCUT2D eigenvalue weighted by Crippen LogP contribution is 2.18. The Morgan fingerprint density at radius 3 is 2.78 bits per heavy atom. The van der Waals surface area contributed by atoms with Gasteiger partial charge in [0.25, 0.3) is 0 Å². The van der Waals surface area contributed by atoms with Crippen molar-refractivity contribution < 1.29 is 13.9 Å². The minimum atomic E-state index is -0.0732. The van der Waals surface area contributed by atoms with Gasteiger partial charge in [-0.05, 0) is 43.2 Å². The average molecular weight is 367 g/mol. The molecule has 27 heavy (non-hydrogen) atoms. The molecule has 2 aromatic carbocycles. The van der Waals surface area contributed by atoms with E-state index in [1.54, 1.807) is 7.11 Å². The van der Waals surface area contributed by atoms with E-state index in [4.69, 9.17) is 9.15 Å². The highest BCUT2D eigenvalue weighted by Gasteiger charge is 2.16. The number of carbonyl (C=O) groups is 1. The van der Waals surface area contributed by atoms with E-state index in [1.807, 2.05) is 61.2 Å². The van der Waals surface area contributed by atoms with Crippen LogP contribution in [0.15, 0.2) is 46.9 Å². The zero-order valence-electron chi connectivity index (χ0n) is 16.0. The molecule has 0 fully saturated rings. The number of nitrogens with zero attached hydrogens (tertiary/aromatic N) is 2. The quantitative estimate of drug-likeness (QED) is 0.660. The first-order valence-corrected chi connectivity index (χ1v) is 8.98. The van der Waals surface area contributed by atoms with E-state index in [0.29, 0.717) is 25.6 Å². The molecule has 142 valence electrons. The van der Waals surface area contributed by atoms with Gasteiger partial charge in [0, 0.05) is 19.3 Å². The number of hydrogen-bond donors (Lipinski definition) is 1. The second-order valence-electron chi connectivity index (χ2n) is 6.57. The van der Waals surface area contributed by atoms with Crippen LogP contribution in [0.25, 0.3) is 11.1 Å². The predicted octanol–water partition coefficient (Wildman–Crippen LogP) is 3.53. The van der Waals surface area contributed by atoms with Gasteiger partial charge in [-0.1, -0.05) is 24.3 Å². The van der Waals surface area contributed by atoms with E-state index in [9.17, 15) is 4.79 Å². The van der Waals surface area contributed by atoms with E-state index in [1.165, 1.54) is 0 Å². The van der Waals surface area contributed by atoms with Gasteiger partial charge in [-0.15, -0.1) is 0 Å². The molecule has 1 amide bonds. The van der Waals surface area contributed by atoms with Crippen molar-refractivity contribution >= 4 is 22.7 Å². The van der Waals surface area contributed by atoms with E-state index in [-0.39, 0.29) is 12.5 Å². The number of anilines is 1. The molecule has 0 saturated heterocycles. The maximum atomic E-state index is 12.6. The molecule has 0 bridgehead atoms. The summed E-state index contributed by atoms with van der Waals surface area (Å²) in [6.45, 7) is 5.84. The monoisotopic (exact) mass is 367 g/mol. The number of amides is 1. The molecule has 6 heteroatoms. The second-order valence-corrected chi connectivity index (χ2v) is 6.57. The van der Waals surface area contributed by atoms with Gasteiger partial charge >= 0.3 is 0 Å². The molecule has 0 radical (unpaired) electrons. The molecule has 3 aromatic rings. The number of ether oxygens (including phenoxy) is 1. The van der Waals surface area contributed by atoms with Gasteiger partial charge in [-0.3, -0.25) is 9.69 Å². The molecule has 0 atom stereocenters. The molecule has 0 unspecified atom stereocenters. The lowest BCUT2D eigenvalue weighted by molar-refractivity contribution is -0.117. The SMILES string of the molecule is COCCN(CC(=O)Nc1cccc(C)c1C)Cc1nc2ccccc2o1. The van der Waals surface area contributed by atoms with Crippen molar-refractivity contribution in [2.45, 2.75) is 20.4 Å². The van der Waals surface area contributed by atoms with Crippen LogP contribution in [0.2, 0.25) is 0 Å². The summed E-state index contributed by atoms with van der Waals surface area (Å²) in [6, 6.07) is 13.5. The molecule has 6 nitrogen and oxygen atoms in total. The average Bonchev–Trinajstić information content (AvgIpc) is 3.05. The molecule has 3 rings (SSSR count). The van der Waals surface area contributed by atoms with Gasteiger partial charge in [0.1, 0.15) is 5.52 Å². The zero-order valence-corrected chi connectivity index (χ0v) is 16.0. The maximum Gasteiger partial charge on any atom is 0.238 e. The maximum absolute atomic E-state index is 12.6. The van der Waals surface area contributed by atoms with Crippen LogP contribution in [0.3, 0.4) is 0 Å². The summed E-state index contributed by atoms with van der Waals surface area (Å²) in [7, 11) is 1.65. The van der Waals surface area contributed by atoms with Crippen LogP contribution in [-0.2, 0) is 16.1 Å². The Hall–Kier alpha value is -2.70. The van der Waals surface area contributed by atoms with Crippen molar-refractivity contribution in [1.82, 2.24) is 9.88 Å². The number of aromatic nitrogens is 1. The summed E-state index contributed by atoms with van der Waals surface area (Å²) in [5.74, 6) is 0.516. The molecule has 1 heterocycles. The van der Waals surface area contributed by atoms with Gasteiger partial charge in [0.2, 0.25) is 11.8 Å². The molecular weight excluding hydrogens is 342 g/mol. The number of hydrogen-bond acceptors (Lipinski definition) is 5. The number of methoxy groups -OCH3 is 1. The van der Waals surface area contributed by atoms with Gasteiger partial charge < -0.3 is 14.5 Å². The topological polar surface area (TPSA) is 67.6 Å². The van der Waals surface area contributed by atoms with Crippen molar-refractivity contribution in [1.29, 1.82) is 0 Å². The number of carbonyl (C=O) groups excluding carboxylic acids is 1. The summed E-state index contributed by atoms with van der Waals surface area (Å²) >= 11 is 0. The van der Waals surface area contributed by atoms with Crippen LogP contribution in [0.5, 0.6) is 0 Å². The zero-order chi connectivity index (χ0) is 19.2. The van der Waals surface area contributed by atoms with Crippen LogP contribution in [0, 0.1) is 13.8 Å². The number of aryl methyl sites for hydroxylation is 1. The van der Waals surface area contributed by atoms with Gasteiger partial charge in [0.05, 0.1) is 19.7 Å². The predicted molar refractivity (Wildman–Crippen MR) is 106 cm³/mol. The van der Waals surface area contributed by atoms with E-state index < -0.39 is 0 Å². The fraction of sp³-hybridized carbons (Fsp3) is 0.333. The standard InChI is InChI=1S/C21H25N3O3/c1-15-7-6-9-17(16(15)2)22-20(25)13-24(11-12-26-3)14-21-23-18-8-4-5-10-19(18)27-21/h4-10H,11-14H2,1-3H3,(H,22,25). The number of oxazole rings is 1. The molecule has 0 spiro atoms. The third-order valence-corrected chi connectivity index (χ3v) is 4.55. The summed E-state index contributed by atoms with van der Waals surface area (Å²) in [5.41, 5.74) is 4.63. The molecule has 0 aliphatic heterocycles. The van der Waals surface area contributed by atoms with Crippen molar-refractivity contribution in [2.24, 2.45) is 0 Å². The summed E-state index contributed by atoms with van der Waals surface area (Å²) in [4.78, 5) is 19.0. The molecule has 0 aliphatic carbocycles. The summed E-state index contributed by atoms with van der Waals surface area (Å²) in [5, 5.41) is 3.00. The minimum absolute atomic E-state index is 0.0732. The molecule has 0 aliphatic rings. The van der Waals surface area contributed by atoms with Crippen LogP contribution >= 0.6 is 0 Å². The number of fused-ring (bicyclic) bond motifs is 1. The van der Waals surface area contributed by atoms with E-state index in [0.717, 1.165) is 27.9 Å². The number of para-hydroxylation sites is 2. The minimum Gasteiger partial charge on any atom is -0.439 e. The van der Waals surface area contributed by atoms with Crippen molar-refractivity contribution in [3.63, 3.8) is 0 Å². The Labute approximate surface area is 159 Å². The van der Waals surface area contributed by atoms with E-state index in [2.05, 4.69) is 10.3 Å². The second kappa shape index (κ2) is 8.79. The van der Waals surface area contributed by atoms with Crippen LogP contribution in [0.1, 0.15) is 17.0 Å². The lowest BCUT2D eigenvalue weighted by Gasteiger charge is -2.20. The Morgan fingerprint density at radius 1 is 1.19 bits per heavy atom. The fourth-order valence-electron chi connectivity index (χ4n) is 2.89. The number of rotatable bonds is 8. The van der Waals surface area contributed by atoms with Crippen molar-refractivity contribution in [2.75, 3.05) is 32.1 Å². The smallest absolute Gasteiger partial charge is 0.238 e. The third kappa shape index (κ3) is 4.93. The van der Waals surface area contributed by atoms with Crippen LogP contribution < -0.4 is 5.32 Å². The van der Waals surface area contributed by atoms with Crippen LogP contribution in [0.4, 0.5) is 5.69 Å². The molecular formula is C21H25N3O3. The Balaban J connectivity index is 1.68. The largest absolute Gasteiger partial charge is 0.439 e. The third-order valence-electron chi connectivity index (χ3n) is 4.55. The first-order chi connectivity index (χ1) is 13.1. The summed E-state index contributed by atoms with van der Waals surface area (Å²) < 4.78 is 11.0.